The lowest BCUT2D eigenvalue weighted by Crippen LogP contribution is -2.29. The predicted octanol–water partition coefficient (Wildman–Crippen LogP) is 3.96. The molecule has 0 aliphatic carbocycles. The number of hydrogen-bond donors (Lipinski definition) is 0. The number of carbonyl (C=O) groups excluding carboxylic acids is 1. The maximum Gasteiger partial charge on any atom is 0.140 e. The maximum absolute atomic E-state index is 11.9. The summed E-state index contributed by atoms with van der Waals surface area (Å²) in [5, 5.41) is 0. The number of Topliss-reactive ketones (excluding diaryl/α,β-unsaturated/α-hetero) is 1. The van der Waals surface area contributed by atoms with Gasteiger partial charge >= 0.3 is 0 Å². The van der Waals surface area contributed by atoms with E-state index in [2.05, 4.69) is 18.7 Å². The Balaban J connectivity index is 3.06. The first-order valence-electron chi connectivity index (χ1n) is 5.85. The van der Waals surface area contributed by atoms with Crippen LogP contribution in [0.3, 0.4) is 0 Å². The van der Waals surface area contributed by atoms with E-state index >= 15 is 0 Å². The van der Waals surface area contributed by atoms with Crippen molar-refractivity contribution in [1.82, 2.24) is 0 Å². The van der Waals surface area contributed by atoms with Gasteiger partial charge in [-0.1, -0.05) is 54.6 Å². The highest BCUT2D eigenvalue weighted by Crippen LogP contribution is 2.32. The van der Waals surface area contributed by atoms with Crippen LogP contribution in [0, 0.1) is 5.41 Å². The fourth-order valence-electron chi connectivity index (χ4n) is 1.91. The van der Waals surface area contributed by atoms with Crippen LogP contribution in [0.2, 0.25) is 0 Å². The zero-order chi connectivity index (χ0) is 12.9. The average molecular weight is 228 g/mol. The maximum atomic E-state index is 11.9. The van der Waals surface area contributed by atoms with Gasteiger partial charge in [-0.15, -0.1) is 0 Å². The Morgan fingerprint density at radius 3 is 2.35 bits per heavy atom. The molecule has 1 aromatic rings. The van der Waals surface area contributed by atoms with Crippen LogP contribution in [0.4, 0.5) is 0 Å². The molecule has 0 fully saturated rings. The van der Waals surface area contributed by atoms with Gasteiger partial charge in [0.05, 0.1) is 5.41 Å². The molecule has 0 bridgehead atoms. The molecular formula is C16H20O. The van der Waals surface area contributed by atoms with E-state index in [9.17, 15) is 4.79 Å². The summed E-state index contributed by atoms with van der Waals surface area (Å²) in [5.41, 5.74) is 1.81. The lowest BCUT2D eigenvalue weighted by molar-refractivity contribution is -0.123. The third-order valence-corrected chi connectivity index (χ3v) is 3.42. The molecule has 1 unspecified atom stereocenters. The minimum atomic E-state index is -0.435. The standard InChI is InChI=1S/C16H20O/c1-5-9-13(2)16(4,14(3)17)12-15-10-7-6-8-11-15/h5-11H,1,12H2,2-4H3. The first-order valence-corrected chi connectivity index (χ1v) is 5.85. The highest BCUT2D eigenvalue weighted by atomic mass is 16.1. The van der Waals surface area contributed by atoms with Gasteiger partial charge in [-0.25, -0.2) is 0 Å². The molecule has 90 valence electrons. The van der Waals surface area contributed by atoms with Crippen LogP contribution in [0.15, 0.2) is 54.6 Å². The Kier molecular flexibility index (Phi) is 4.45. The second kappa shape index (κ2) is 5.62. The summed E-state index contributed by atoms with van der Waals surface area (Å²) < 4.78 is 0. The van der Waals surface area contributed by atoms with Crippen molar-refractivity contribution in [2.24, 2.45) is 5.41 Å². The number of ketones is 1. The summed E-state index contributed by atoms with van der Waals surface area (Å²) in [6.45, 7) is 9.34. The summed E-state index contributed by atoms with van der Waals surface area (Å²) in [4.78, 5) is 11.9. The molecule has 0 radical (unpaired) electrons. The van der Waals surface area contributed by atoms with Gasteiger partial charge in [0.1, 0.15) is 5.78 Å². The Morgan fingerprint density at radius 1 is 1.29 bits per heavy atom. The second-order valence-corrected chi connectivity index (χ2v) is 4.64. The monoisotopic (exact) mass is 228 g/mol. The van der Waals surface area contributed by atoms with Crippen molar-refractivity contribution in [3.63, 3.8) is 0 Å². The van der Waals surface area contributed by atoms with Crippen molar-refractivity contribution < 1.29 is 4.79 Å². The number of rotatable bonds is 5. The number of carbonyl (C=O) groups is 1. The third-order valence-electron chi connectivity index (χ3n) is 3.42. The van der Waals surface area contributed by atoms with Crippen LogP contribution in [0.1, 0.15) is 26.3 Å². The van der Waals surface area contributed by atoms with E-state index < -0.39 is 5.41 Å². The fourth-order valence-corrected chi connectivity index (χ4v) is 1.91. The van der Waals surface area contributed by atoms with Crippen molar-refractivity contribution in [3.05, 3.63) is 60.2 Å². The molecule has 0 amide bonds. The lowest BCUT2D eigenvalue weighted by Gasteiger charge is -2.28. The second-order valence-electron chi connectivity index (χ2n) is 4.64. The smallest absolute Gasteiger partial charge is 0.140 e. The van der Waals surface area contributed by atoms with Gasteiger partial charge in [0.2, 0.25) is 0 Å². The molecule has 0 aliphatic rings. The molecule has 0 N–H and O–H groups in total. The van der Waals surface area contributed by atoms with Crippen molar-refractivity contribution in [1.29, 1.82) is 0 Å². The van der Waals surface area contributed by atoms with Crippen LogP contribution < -0.4 is 0 Å². The van der Waals surface area contributed by atoms with E-state index in [0.29, 0.717) is 0 Å². The van der Waals surface area contributed by atoms with E-state index in [-0.39, 0.29) is 5.78 Å². The molecule has 0 aromatic heterocycles. The number of hydrogen-bond acceptors (Lipinski definition) is 1. The number of allylic oxidation sites excluding steroid dienone is 3. The Bertz CT molecular complexity index is 428. The molecule has 0 saturated carbocycles. The van der Waals surface area contributed by atoms with Gasteiger partial charge in [-0.2, -0.15) is 0 Å². The average Bonchev–Trinajstić information content (AvgIpc) is 2.30. The summed E-state index contributed by atoms with van der Waals surface area (Å²) >= 11 is 0. The van der Waals surface area contributed by atoms with Crippen molar-refractivity contribution in [3.8, 4) is 0 Å². The van der Waals surface area contributed by atoms with Crippen molar-refractivity contribution >= 4 is 5.78 Å². The van der Waals surface area contributed by atoms with Crippen LogP contribution in [0.5, 0.6) is 0 Å². The van der Waals surface area contributed by atoms with E-state index in [4.69, 9.17) is 0 Å². The molecule has 1 nitrogen and oxygen atoms in total. The van der Waals surface area contributed by atoms with E-state index in [0.717, 1.165) is 12.0 Å². The molecule has 0 heterocycles. The summed E-state index contributed by atoms with van der Waals surface area (Å²) in [6.07, 6.45) is 4.39. The van der Waals surface area contributed by atoms with E-state index in [1.165, 1.54) is 5.56 Å². The van der Waals surface area contributed by atoms with Gasteiger partial charge in [-0.05, 0) is 32.8 Å². The molecular weight excluding hydrogens is 208 g/mol. The predicted molar refractivity (Wildman–Crippen MR) is 72.9 cm³/mol. The van der Waals surface area contributed by atoms with Crippen LogP contribution in [0.25, 0.3) is 0 Å². The van der Waals surface area contributed by atoms with Gasteiger partial charge in [-0.3, -0.25) is 4.79 Å². The van der Waals surface area contributed by atoms with E-state index in [1.54, 1.807) is 13.0 Å². The fraction of sp³-hybridized carbons (Fsp3) is 0.312. The molecule has 1 aromatic carbocycles. The van der Waals surface area contributed by atoms with Crippen LogP contribution in [-0.4, -0.2) is 5.78 Å². The summed E-state index contributed by atoms with van der Waals surface area (Å²) in [6, 6.07) is 10.1. The molecule has 1 heteroatoms. The Hall–Kier alpha value is -1.63. The topological polar surface area (TPSA) is 17.1 Å². The number of benzene rings is 1. The normalized spacial score (nSPS) is 15.1. The Labute approximate surface area is 104 Å². The van der Waals surface area contributed by atoms with E-state index in [1.807, 2.05) is 38.1 Å². The first kappa shape index (κ1) is 13.4. The van der Waals surface area contributed by atoms with Gasteiger partial charge < -0.3 is 0 Å². The quantitative estimate of drug-likeness (QED) is 0.697. The third kappa shape index (κ3) is 3.16. The van der Waals surface area contributed by atoms with Crippen molar-refractivity contribution in [2.45, 2.75) is 27.2 Å². The lowest BCUT2D eigenvalue weighted by atomic mass is 9.74. The molecule has 0 saturated heterocycles. The summed E-state index contributed by atoms with van der Waals surface area (Å²) in [7, 11) is 0. The SMILES string of the molecule is C=CC=C(C)C(C)(Cc1ccccc1)C(C)=O. The highest BCUT2D eigenvalue weighted by Gasteiger charge is 2.31. The molecule has 0 aliphatic heterocycles. The first-order chi connectivity index (χ1) is 8.00. The zero-order valence-corrected chi connectivity index (χ0v) is 10.9. The molecule has 0 spiro atoms. The van der Waals surface area contributed by atoms with Gasteiger partial charge in [0.15, 0.2) is 0 Å². The minimum absolute atomic E-state index is 0.192. The summed E-state index contributed by atoms with van der Waals surface area (Å²) in [5.74, 6) is 0.192. The van der Waals surface area contributed by atoms with Crippen LogP contribution >= 0.6 is 0 Å². The Morgan fingerprint density at radius 2 is 1.88 bits per heavy atom. The van der Waals surface area contributed by atoms with Crippen molar-refractivity contribution in [2.75, 3.05) is 0 Å². The minimum Gasteiger partial charge on any atom is -0.299 e. The molecule has 17 heavy (non-hydrogen) atoms. The highest BCUT2D eigenvalue weighted by molar-refractivity contribution is 5.85. The van der Waals surface area contributed by atoms with Crippen LogP contribution in [-0.2, 0) is 11.2 Å². The molecule has 1 atom stereocenters. The zero-order valence-electron chi connectivity index (χ0n) is 10.9. The largest absolute Gasteiger partial charge is 0.299 e. The van der Waals surface area contributed by atoms with Gasteiger partial charge in [0, 0.05) is 0 Å². The van der Waals surface area contributed by atoms with Gasteiger partial charge in [0.25, 0.3) is 0 Å². The molecule has 1 rings (SSSR count).